The number of nitrogens with one attached hydrogen (secondary N) is 1. The van der Waals surface area contributed by atoms with E-state index in [9.17, 15) is 19.4 Å². The van der Waals surface area contributed by atoms with Crippen molar-refractivity contribution >= 4 is 13.7 Å². The van der Waals surface area contributed by atoms with Crippen LogP contribution < -0.4 is 5.32 Å². The minimum atomic E-state index is -4.37. The van der Waals surface area contributed by atoms with Gasteiger partial charge in [0.1, 0.15) is 13.2 Å². The smallest absolute Gasteiger partial charge is 0.387 e. The first-order chi connectivity index (χ1) is 41.0. The Morgan fingerprint density at radius 3 is 1.10 bits per heavy atom. The number of phosphoric acid groups is 1. The standard InChI is InChI=1S/C75H139N2O6P/c1-6-8-10-12-14-16-18-20-22-24-26-28-30-32-34-36-37-38-39-41-43-45-47-49-51-53-55-57-59-61-63-65-67-69-75(79)76-73(72-83-84(80,81)82-71-70-77(3,4)5)74(78)68-66-64-62-60-58-56-54-52-50-48-46-44-42-40-35-33-31-29-27-25-23-21-19-17-15-13-11-9-7-2/h8,10,14,16,20,22,26,28,32,34,58,60,66,68,73-74,78H,6-7,9,11-13,15,17-19,21,23-25,27,29-31,33,35-57,59,61-65,67,69-72H2,1-5H3,(H-,76,79,80,81)/p+1/b10-8-,16-14-,22-20-,28-26-,34-32-,60-58+,68-66+. The fraction of sp³-hybridized carbons (Fsp3) is 0.800. The highest BCUT2D eigenvalue weighted by atomic mass is 31.2. The molecule has 9 heteroatoms. The molecule has 84 heavy (non-hydrogen) atoms. The van der Waals surface area contributed by atoms with Crippen molar-refractivity contribution in [2.24, 2.45) is 0 Å². The normalized spacial score (nSPS) is 14.1. The summed E-state index contributed by atoms with van der Waals surface area (Å²) in [4.78, 5) is 23.4. The van der Waals surface area contributed by atoms with Crippen LogP contribution in [0.5, 0.6) is 0 Å². The summed E-state index contributed by atoms with van der Waals surface area (Å²) in [5.41, 5.74) is 0. The van der Waals surface area contributed by atoms with E-state index in [1.54, 1.807) is 6.08 Å². The highest BCUT2D eigenvalue weighted by Gasteiger charge is 2.28. The van der Waals surface area contributed by atoms with Crippen LogP contribution in [0.25, 0.3) is 0 Å². The molecular weight excluding hydrogens is 1060 g/mol. The van der Waals surface area contributed by atoms with Gasteiger partial charge >= 0.3 is 7.82 Å². The Kier molecular flexibility index (Phi) is 63.3. The van der Waals surface area contributed by atoms with Gasteiger partial charge in [-0.1, -0.05) is 336 Å². The lowest BCUT2D eigenvalue weighted by atomic mass is 10.0. The second-order valence-corrected chi connectivity index (χ2v) is 27.0. The maximum atomic E-state index is 13.1. The van der Waals surface area contributed by atoms with E-state index in [2.05, 4.69) is 92.1 Å². The van der Waals surface area contributed by atoms with Crippen molar-refractivity contribution in [2.75, 3.05) is 40.9 Å². The van der Waals surface area contributed by atoms with Crippen LogP contribution in [0.1, 0.15) is 335 Å². The third-order valence-corrected chi connectivity index (χ3v) is 17.1. The number of aliphatic hydroxyl groups is 1. The van der Waals surface area contributed by atoms with Crippen LogP contribution in [0.2, 0.25) is 0 Å². The van der Waals surface area contributed by atoms with Crippen LogP contribution in [0.3, 0.4) is 0 Å². The highest BCUT2D eigenvalue weighted by Crippen LogP contribution is 2.43. The second-order valence-electron chi connectivity index (χ2n) is 25.6. The van der Waals surface area contributed by atoms with Gasteiger partial charge in [-0.3, -0.25) is 13.8 Å². The van der Waals surface area contributed by atoms with Crippen molar-refractivity contribution in [2.45, 2.75) is 347 Å². The van der Waals surface area contributed by atoms with Crippen molar-refractivity contribution in [1.29, 1.82) is 0 Å². The first kappa shape index (κ1) is 81.7. The number of nitrogens with zero attached hydrogens (tertiary/aromatic N) is 1. The first-order valence-corrected chi connectivity index (χ1v) is 37.5. The Morgan fingerprint density at radius 1 is 0.417 bits per heavy atom. The van der Waals surface area contributed by atoms with Gasteiger partial charge in [0.15, 0.2) is 0 Å². The van der Waals surface area contributed by atoms with Gasteiger partial charge in [0.05, 0.1) is 39.9 Å². The van der Waals surface area contributed by atoms with Gasteiger partial charge in [0.25, 0.3) is 0 Å². The molecular formula is C75H140N2O6P+. The van der Waals surface area contributed by atoms with E-state index in [0.717, 1.165) is 70.6 Å². The number of allylic oxidation sites excluding steroid dienone is 13. The summed E-state index contributed by atoms with van der Waals surface area (Å²) in [5.74, 6) is -0.184. The molecule has 0 saturated heterocycles. The van der Waals surface area contributed by atoms with E-state index in [1.807, 2.05) is 27.2 Å². The van der Waals surface area contributed by atoms with Crippen LogP contribution in [0.15, 0.2) is 85.1 Å². The van der Waals surface area contributed by atoms with Gasteiger partial charge in [-0.25, -0.2) is 4.57 Å². The number of hydrogen-bond donors (Lipinski definition) is 3. The number of carbonyl (C=O) groups is 1. The van der Waals surface area contributed by atoms with E-state index in [0.29, 0.717) is 17.4 Å². The molecule has 0 aromatic rings. The lowest BCUT2D eigenvalue weighted by molar-refractivity contribution is -0.870. The van der Waals surface area contributed by atoms with Gasteiger partial charge in [0.2, 0.25) is 5.91 Å². The first-order valence-electron chi connectivity index (χ1n) is 36.0. The maximum Gasteiger partial charge on any atom is 0.472 e. The summed E-state index contributed by atoms with van der Waals surface area (Å²) in [7, 11) is 1.56. The van der Waals surface area contributed by atoms with Crippen molar-refractivity contribution in [1.82, 2.24) is 5.32 Å². The second kappa shape index (κ2) is 65.1. The Hall–Kier alpha value is -2.32. The number of likely N-dealkylation sites (N-methyl/N-ethyl adjacent to an activating group) is 1. The average Bonchev–Trinajstić information content (AvgIpc) is 3.56. The van der Waals surface area contributed by atoms with Crippen LogP contribution in [0.4, 0.5) is 0 Å². The summed E-state index contributed by atoms with van der Waals surface area (Å²) < 4.78 is 23.8. The molecule has 3 unspecified atom stereocenters. The molecule has 0 rings (SSSR count). The van der Waals surface area contributed by atoms with Crippen molar-refractivity contribution in [3.63, 3.8) is 0 Å². The lowest BCUT2D eigenvalue weighted by Crippen LogP contribution is -2.45. The molecule has 0 saturated carbocycles. The Bertz CT molecular complexity index is 1650. The van der Waals surface area contributed by atoms with Crippen LogP contribution in [0, 0.1) is 0 Å². The minimum absolute atomic E-state index is 0.0548. The maximum absolute atomic E-state index is 13.1. The van der Waals surface area contributed by atoms with Crippen LogP contribution in [-0.4, -0.2) is 73.4 Å². The number of amides is 1. The number of carbonyl (C=O) groups excluding carboxylic acids is 1. The van der Waals surface area contributed by atoms with E-state index in [4.69, 9.17) is 9.05 Å². The SMILES string of the molecule is CC/C=C\C/C=C\C/C=C\C/C=C\C/C=C\CCCCCCCCCCCCCCCCCCCC(=O)NC(COP(=O)(O)OCC[N+](C)(C)C)C(O)/C=C/CC/C=C/CCCCCCCCCCCCCCCCCCCCCCCCC. The molecule has 1 amide bonds. The third-order valence-electron chi connectivity index (χ3n) is 16.1. The molecule has 0 fully saturated rings. The predicted octanol–water partition coefficient (Wildman–Crippen LogP) is 23.1. The molecule has 0 aromatic heterocycles. The zero-order valence-electron chi connectivity index (χ0n) is 56.1. The number of quaternary nitrogens is 1. The molecule has 8 nitrogen and oxygen atoms in total. The van der Waals surface area contributed by atoms with E-state index in [-0.39, 0.29) is 19.1 Å². The van der Waals surface area contributed by atoms with E-state index >= 15 is 0 Å². The lowest BCUT2D eigenvalue weighted by Gasteiger charge is -2.25. The van der Waals surface area contributed by atoms with Crippen LogP contribution >= 0.6 is 7.82 Å². The number of unbranched alkanes of at least 4 members (excludes halogenated alkanes) is 41. The molecule has 3 atom stereocenters. The molecule has 0 bridgehead atoms. The molecule has 0 aliphatic heterocycles. The summed E-state index contributed by atoms with van der Waals surface area (Å²) in [6.45, 7) is 4.72. The monoisotopic (exact) mass is 1200 g/mol. The molecule has 0 spiro atoms. The van der Waals surface area contributed by atoms with Crippen LogP contribution in [-0.2, 0) is 18.4 Å². The Morgan fingerprint density at radius 2 is 0.726 bits per heavy atom. The van der Waals surface area contributed by atoms with Gasteiger partial charge in [-0.05, 0) is 77.0 Å². The van der Waals surface area contributed by atoms with Crippen molar-refractivity contribution in [3.8, 4) is 0 Å². The summed E-state index contributed by atoms with van der Waals surface area (Å²) in [5, 5.41) is 14.0. The Balaban J connectivity index is 4.08. The predicted molar refractivity (Wildman–Crippen MR) is 369 cm³/mol. The van der Waals surface area contributed by atoms with Gasteiger partial charge in [-0.15, -0.1) is 0 Å². The molecule has 0 radical (unpaired) electrons. The molecule has 490 valence electrons. The Labute approximate surface area is 522 Å². The molecule has 0 aromatic carbocycles. The molecule has 3 N–H and O–H groups in total. The number of aliphatic hydroxyl groups excluding tert-OH is 1. The summed E-state index contributed by atoms with van der Waals surface area (Å²) in [6.07, 6.45) is 93.2. The van der Waals surface area contributed by atoms with E-state index < -0.39 is 20.0 Å². The van der Waals surface area contributed by atoms with Gasteiger partial charge in [-0.2, -0.15) is 0 Å². The largest absolute Gasteiger partial charge is 0.472 e. The zero-order chi connectivity index (χ0) is 61.2. The average molecular weight is 1200 g/mol. The van der Waals surface area contributed by atoms with Gasteiger partial charge < -0.3 is 19.8 Å². The van der Waals surface area contributed by atoms with Gasteiger partial charge in [0, 0.05) is 6.42 Å². The van der Waals surface area contributed by atoms with Crippen molar-refractivity contribution < 1.29 is 32.9 Å². The summed E-state index contributed by atoms with van der Waals surface area (Å²) in [6, 6.07) is -0.868. The fourth-order valence-corrected chi connectivity index (χ4v) is 11.3. The minimum Gasteiger partial charge on any atom is -0.387 e. The molecule has 0 heterocycles. The van der Waals surface area contributed by atoms with E-state index in [1.165, 1.54) is 244 Å². The number of rotatable bonds is 66. The van der Waals surface area contributed by atoms with Crippen molar-refractivity contribution in [3.05, 3.63) is 85.1 Å². The highest BCUT2D eigenvalue weighted by molar-refractivity contribution is 7.47. The topological polar surface area (TPSA) is 105 Å². The summed E-state index contributed by atoms with van der Waals surface area (Å²) >= 11 is 0. The number of hydrogen-bond acceptors (Lipinski definition) is 5. The fourth-order valence-electron chi connectivity index (χ4n) is 10.6. The quantitative estimate of drug-likeness (QED) is 0.0243. The molecule has 0 aliphatic carbocycles. The zero-order valence-corrected chi connectivity index (χ0v) is 57.0. The third kappa shape index (κ3) is 67.2. The number of phosphoric ester groups is 1. The molecule has 0 aliphatic rings.